The third kappa shape index (κ3) is 3.09. The fourth-order valence-corrected chi connectivity index (χ4v) is 2.86. The van der Waals surface area contributed by atoms with Gasteiger partial charge in [-0.05, 0) is 35.2 Å². The van der Waals surface area contributed by atoms with E-state index < -0.39 is 17.5 Å². The summed E-state index contributed by atoms with van der Waals surface area (Å²) in [6.07, 6.45) is -3.59. The zero-order chi connectivity index (χ0) is 15.7. The van der Waals surface area contributed by atoms with Crippen LogP contribution in [-0.4, -0.2) is 16.6 Å². The molecule has 2 aromatic carbocycles. The molecule has 0 spiro atoms. The van der Waals surface area contributed by atoms with Crippen LogP contribution in [0.15, 0.2) is 42.5 Å². The van der Waals surface area contributed by atoms with Crippen LogP contribution in [0.5, 0.6) is 5.75 Å². The Labute approximate surface area is 126 Å². The first kappa shape index (κ1) is 14.9. The van der Waals surface area contributed by atoms with Gasteiger partial charge < -0.3 is 5.11 Å². The van der Waals surface area contributed by atoms with E-state index in [1.807, 2.05) is 12.1 Å². The molecule has 0 unspecified atom stereocenters. The van der Waals surface area contributed by atoms with E-state index >= 15 is 0 Å². The van der Waals surface area contributed by atoms with Gasteiger partial charge in [-0.25, -0.2) is 0 Å². The molecular weight excluding hydrogens is 291 g/mol. The SMILES string of the molecule is Oc1cc(CN2CCc3ccccc3C2)ccc1C(F)(F)F. The van der Waals surface area contributed by atoms with Crippen molar-refractivity contribution in [3.63, 3.8) is 0 Å². The number of phenols is 1. The molecule has 1 aliphatic rings. The third-order valence-electron chi connectivity index (χ3n) is 3.98. The maximum Gasteiger partial charge on any atom is 0.419 e. The second-order valence-corrected chi connectivity index (χ2v) is 5.58. The van der Waals surface area contributed by atoms with Crippen molar-refractivity contribution in [2.24, 2.45) is 0 Å². The van der Waals surface area contributed by atoms with E-state index in [1.165, 1.54) is 23.3 Å². The Bertz CT molecular complexity index is 682. The molecule has 0 atom stereocenters. The number of rotatable bonds is 2. The fraction of sp³-hybridized carbons (Fsp3) is 0.294. The van der Waals surface area contributed by atoms with Crippen LogP contribution in [-0.2, 0) is 25.7 Å². The van der Waals surface area contributed by atoms with Gasteiger partial charge in [-0.2, -0.15) is 13.2 Å². The van der Waals surface area contributed by atoms with E-state index in [4.69, 9.17) is 0 Å². The Kier molecular flexibility index (Phi) is 3.83. The van der Waals surface area contributed by atoms with Crippen LogP contribution in [0.25, 0.3) is 0 Å². The fourth-order valence-electron chi connectivity index (χ4n) is 2.86. The summed E-state index contributed by atoms with van der Waals surface area (Å²) in [5, 5.41) is 9.58. The Morgan fingerprint density at radius 2 is 1.77 bits per heavy atom. The van der Waals surface area contributed by atoms with Crippen molar-refractivity contribution in [1.82, 2.24) is 4.90 Å². The summed E-state index contributed by atoms with van der Waals surface area (Å²) in [6.45, 7) is 2.16. The van der Waals surface area contributed by atoms with Crippen LogP contribution in [0.1, 0.15) is 22.3 Å². The second kappa shape index (κ2) is 5.65. The standard InChI is InChI=1S/C17H16F3NO/c18-17(19,20)15-6-5-12(9-16(15)22)10-21-8-7-13-3-1-2-4-14(13)11-21/h1-6,9,22H,7-8,10-11H2. The van der Waals surface area contributed by atoms with Gasteiger partial charge in [-0.3, -0.25) is 4.90 Å². The zero-order valence-electron chi connectivity index (χ0n) is 11.9. The first-order valence-corrected chi connectivity index (χ1v) is 7.12. The summed E-state index contributed by atoms with van der Waals surface area (Å²) in [7, 11) is 0. The molecule has 1 N–H and O–H groups in total. The number of halogens is 3. The van der Waals surface area contributed by atoms with Gasteiger partial charge in [-0.15, -0.1) is 0 Å². The molecule has 2 aromatic rings. The van der Waals surface area contributed by atoms with Gasteiger partial charge in [0.15, 0.2) is 0 Å². The molecule has 22 heavy (non-hydrogen) atoms. The molecule has 0 aliphatic carbocycles. The monoisotopic (exact) mass is 307 g/mol. The zero-order valence-corrected chi connectivity index (χ0v) is 11.9. The van der Waals surface area contributed by atoms with E-state index in [1.54, 1.807) is 0 Å². The molecule has 0 radical (unpaired) electrons. The van der Waals surface area contributed by atoms with Crippen molar-refractivity contribution in [2.75, 3.05) is 6.54 Å². The molecule has 0 aromatic heterocycles. The van der Waals surface area contributed by atoms with Crippen LogP contribution in [0.3, 0.4) is 0 Å². The van der Waals surface area contributed by atoms with Gasteiger partial charge in [0.05, 0.1) is 5.56 Å². The lowest BCUT2D eigenvalue weighted by molar-refractivity contribution is -0.138. The largest absolute Gasteiger partial charge is 0.507 e. The molecule has 0 saturated carbocycles. The van der Waals surface area contributed by atoms with Crippen LogP contribution in [0.4, 0.5) is 13.2 Å². The van der Waals surface area contributed by atoms with Crippen molar-refractivity contribution >= 4 is 0 Å². The minimum atomic E-state index is -4.52. The number of nitrogens with zero attached hydrogens (tertiary/aromatic N) is 1. The lowest BCUT2D eigenvalue weighted by Crippen LogP contribution is -2.29. The summed E-state index contributed by atoms with van der Waals surface area (Å²) in [6, 6.07) is 11.8. The average Bonchev–Trinajstić information content (AvgIpc) is 2.46. The highest BCUT2D eigenvalue weighted by Gasteiger charge is 2.33. The van der Waals surface area contributed by atoms with Crippen LogP contribution in [0.2, 0.25) is 0 Å². The topological polar surface area (TPSA) is 23.5 Å². The minimum Gasteiger partial charge on any atom is -0.507 e. The summed E-state index contributed by atoms with van der Waals surface area (Å²) in [4.78, 5) is 2.17. The summed E-state index contributed by atoms with van der Waals surface area (Å²) in [5.41, 5.74) is 2.28. The molecular formula is C17H16F3NO. The molecule has 2 nitrogen and oxygen atoms in total. The smallest absolute Gasteiger partial charge is 0.419 e. The number of alkyl halides is 3. The number of aromatic hydroxyl groups is 1. The lowest BCUT2D eigenvalue weighted by atomic mass is 9.99. The van der Waals surface area contributed by atoms with Gasteiger partial charge in [-0.1, -0.05) is 30.3 Å². The van der Waals surface area contributed by atoms with Crippen LogP contribution in [0, 0.1) is 0 Å². The first-order valence-electron chi connectivity index (χ1n) is 7.12. The molecule has 116 valence electrons. The highest BCUT2D eigenvalue weighted by atomic mass is 19.4. The van der Waals surface area contributed by atoms with Crippen molar-refractivity contribution in [2.45, 2.75) is 25.7 Å². The van der Waals surface area contributed by atoms with Crippen molar-refractivity contribution in [3.8, 4) is 5.75 Å². The van der Waals surface area contributed by atoms with Crippen LogP contribution < -0.4 is 0 Å². The Morgan fingerprint density at radius 1 is 1.05 bits per heavy atom. The number of benzene rings is 2. The molecule has 5 heteroatoms. The molecule has 0 fully saturated rings. The average molecular weight is 307 g/mol. The third-order valence-corrected chi connectivity index (χ3v) is 3.98. The lowest BCUT2D eigenvalue weighted by Gasteiger charge is -2.28. The van der Waals surface area contributed by atoms with Crippen molar-refractivity contribution in [1.29, 1.82) is 0 Å². The van der Waals surface area contributed by atoms with E-state index in [-0.39, 0.29) is 0 Å². The normalized spacial score (nSPS) is 15.6. The van der Waals surface area contributed by atoms with Gasteiger partial charge in [0.1, 0.15) is 5.75 Å². The molecule has 0 amide bonds. The van der Waals surface area contributed by atoms with Gasteiger partial charge in [0.25, 0.3) is 0 Å². The van der Waals surface area contributed by atoms with Gasteiger partial charge in [0, 0.05) is 19.6 Å². The highest BCUT2D eigenvalue weighted by molar-refractivity contribution is 5.38. The summed E-state index contributed by atoms with van der Waals surface area (Å²) < 4.78 is 37.9. The summed E-state index contributed by atoms with van der Waals surface area (Å²) in [5.74, 6) is -0.706. The number of hydrogen-bond donors (Lipinski definition) is 1. The molecule has 1 aliphatic heterocycles. The highest BCUT2D eigenvalue weighted by Crippen LogP contribution is 2.36. The Balaban J connectivity index is 1.74. The first-order chi connectivity index (χ1) is 10.4. The van der Waals surface area contributed by atoms with E-state index in [9.17, 15) is 18.3 Å². The maximum atomic E-state index is 12.6. The quantitative estimate of drug-likeness (QED) is 0.907. The molecule has 0 saturated heterocycles. The predicted molar refractivity (Wildman–Crippen MR) is 77.4 cm³/mol. The van der Waals surface area contributed by atoms with E-state index in [2.05, 4.69) is 17.0 Å². The van der Waals surface area contributed by atoms with Crippen LogP contribution >= 0.6 is 0 Å². The predicted octanol–water partition coefficient (Wildman–Crippen LogP) is 3.97. The number of fused-ring (bicyclic) bond motifs is 1. The van der Waals surface area contributed by atoms with E-state index in [0.29, 0.717) is 12.1 Å². The van der Waals surface area contributed by atoms with Crippen molar-refractivity contribution in [3.05, 3.63) is 64.7 Å². The minimum absolute atomic E-state index is 0.528. The molecule has 1 heterocycles. The summed E-state index contributed by atoms with van der Waals surface area (Å²) >= 11 is 0. The number of phenolic OH excluding ortho intramolecular Hbond substituents is 1. The maximum absolute atomic E-state index is 12.6. The molecule has 0 bridgehead atoms. The van der Waals surface area contributed by atoms with Gasteiger partial charge in [0.2, 0.25) is 0 Å². The Hall–Kier alpha value is -2.01. The molecule has 3 rings (SSSR count). The second-order valence-electron chi connectivity index (χ2n) is 5.58. The Morgan fingerprint density at radius 3 is 2.45 bits per heavy atom. The van der Waals surface area contributed by atoms with Gasteiger partial charge >= 0.3 is 6.18 Å². The number of hydrogen-bond acceptors (Lipinski definition) is 2. The van der Waals surface area contributed by atoms with E-state index in [0.717, 1.165) is 25.6 Å². The van der Waals surface area contributed by atoms with Crippen molar-refractivity contribution < 1.29 is 18.3 Å².